The molecular formula is C40H62O12S. The van der Waals surface area contributed by atoms with Gasteiger partial charge in [-0.15, -0.1) is 0 Å². The summed E-state index contributed by atoms with van der Waals surface area (Å²) in [7, 11) is -4.61. The van der Waals surface area contributed by atoms with E-state index in [1.807, 2.05) is 54.7 Å². The molecule has 1 aliphatic rings. The van der Waals surface area contributed by atoms with E-state index in [-0.39, 0.29) is 19.4 Å². The largest absolute Gasteiger partial charge is 0.462 e. The lowest BCUT2D eigenvalue weighted by Crippen LogP contribution is -2.60. The Morgan fingerprint density at radius 2 is 1.25 bits per heavy atom. The van der Waals surface area contributed by atoms with Crippen LogP contribution in [0.3, 0.4) is 0 Å². The average molecular weight is 767 g/mol. The molecule has 6 atom stereocenters. The summed E-state index contributed by atoms with van der Waals surface area (Å²) in [6, 6.07) is 0. The van der Waals surface area contributed by atoms with E-state index >= 15 is 0 Å². The highest BCUT2D eigenvalue weighted by molar-refractivity contribution is 7.85. The van der Waals surface area contributed by atoms with Crippen molar-refractivity contribution in [1.82, 2.24) is 0 Å². The first-order valence-electron chi connectivity index (χ1n) is 18.7. The van der Waals surface area contributed by atoms with Crippen molar-refractivity contribution in [3.63, 3.8) is 0 Å². The van der Waals surface area contributed by atoms with Crippen LogP contribution in [0.15, 0.2) is 85.1 Å². The van der Waals surface area contributed by atoms with Crippen LogP contribution >= 0.6 is 0 Å². The number of rotatable bonds is 28. The molecule has 0 saturated carbocycles. The molecule has 3 unspecified atom stereocenters. The molecule has 0 bridgehead atoms. The molecule has 0 aromatic heterocycles. The molecule has 1 heterocycles. The van der Waals surface area contributed by atoms with E-state index in [1.54, 1.807) is 0 Å². The first-order valence-corrected chi connectivity index (χ1v) is 20.3. The number of aliphatic hydroxyl groups is 3. The minimum atomic E-state index is -4.61. The molecule has 12 nitrogen and oxygen atoms in total. The second-order valence-corrected chi connectivity index (χ2v) is 14.1. The molecule has 0 radical (unpaired) electrons. The first-order chi connectivity index (χ1) is 25.5. The molecule has 1 fully saturated rings. The quantitative estimate of drug-likeness (QED) is 0.0234. The van der Waals surface area contributed by atoms with Crippen LogP contribution in [0.1, 0.15) is 97.3 Å². The van der Waals surface area contributed by atoms with Gasteiger partial charge in [-0.2, -0.15) is 8.42 Å². The fraction of sp³-hybridized carbons (Fsp3) is 0.600. The molecule has 1 rings (SSSR count). The molecule has 0 aromatic rings. The maximum atomic E-state index is 12.7. The van der Waals surface area contributed by atoms with Crippen molar-refractivity contribution in [3.05, 3.63) is 85.1 Å². The van der Waals surface area contributed by atoms with Crippen molar-refractivity contribution >= 4 is 22.1 Å². The van der Waals surface area contributed by atoms with Crippen molar-refractivity contribution < 1.29 is 56.8 Å². The van der Waals surface area contributed by atoms with Gasteiger partial charge in [0.25, 0.3) is 10.1 Å². The summed E-state index contributed by atoms with van der Waals surface area (Å²) in [6.45, 7) is 3.38. The second-order valence-electron chi connectivity index (χ2n) is 12.6. The first kappa shape index (κ1) is 47.9. The number of hydrogen-bond donors (Lipinski definition) is 4. The van der Waals surface area contributed by atoms with E-state index in [0.717, 1.165) is 51.4 Å². The molecule has 4 N–H and O–H groups in total. The summed E-state index contributed by atoms with van der Waals surface area (Å²) in [5, 5.41) is 30.7. The fourth-order valence-electron chi connectivity index (χ4n) is 4.98. The predicted molar refractivity (Wildman–Crippen MR) is 205 cm³/mol. The molecule has 0 aliphatic carbocycles. The van der Waals surface area contributed by atoms with E-state index < -0.39 is 71.2 Å². The van der Waals surface area contributed by atoms with Gasteiger partial charge in [0.05, 0.1) is 6.61 Å². The summed E-state index contributed by atoms with van der Waals surface area (Å²) >= 11 is 0. The van der Waals surface area contributed by atoms with Crippen molar-refractivity contribution in [1.29, 1.82) is 0 Å². The number of aliphatic hydroxyl groups excluding tert-OH is 3. The second kappa shape index (κ2) is 30.2. The fourth-order valence-corrected chi connectivity index (χ4v) is 5.67. The minimum Gasteiger partial charge on any atom is -0.462 e. The Bertz CT molecular complexity index is 1310. The zero-order chi connectivity index (χ0) is 39.2. The van der Waals surface area contributed by atoms with Crippen LogP contribution in [0.4, 0.5) is 0 Å². The van der Waals surface area contributed by atoms with Gasteiger partial charge in [0, 0.05) is 12.8 Å². The van der Waals surface area contributed by atoms with Crippen LogP contribution in [0.25, 0.3) is 0 Å². The van der Waals surface area contributed by atoms with Crippen LogP contribution in [-0.2, 0) is 38.7 Å². The van der Waals surface area contributed by atoms with Crippen LogP contribution in [0.2, 0.25) is 0 Å². The zero-order valence-electron chi connectivity index (χ0n) is 31.3. The highest BCUT2D eigenvalue weighted by Gasteiger charge is 2.46. The van der Waals surface area contributed by atoms with Gasteiger partial charge in [0.2, 0.25) is 0 Å². The van der Waals surface area contributed by atoms with Gasteiger partial charge in [-0.25, -0.2) is 0 Å². The Morgan fingerprint density at radius 1 is 0.660 bits per heavy atom. The number of carbonyl (C=O) groups is 2. The third-order valence-electron chi connectivity index (χ3n) is 7.85. The van der Waals surface area contributed by atoms with E-state index in [9.17, 15) is 37.9 Å². The standard InChI is InChI=1S/C40H62O12S/c1-3-5-7-9-11-13-15-17-19-21-23-25-27-29-36(42)51-33(31-50-40-39(45)38(44)37(43)34(52-40)32-53(46,47)48)30-49-35(41)28-26-24-22-20-18-16-14-12-10-8-6-4-2/h5-9,11-15,17,19,21,23,33-34,37-40,43-45H,3-4,10,16,18,20,22,24-32H2,1-2H3,(H,46,47,48)/b7-5+,8-6+,11-9+,14-12+,15-13+,19-17+,23-21+/t33?,34-,37-,38?,39?,40+/m1/s1. The Kier molecular flexibility index (Phi) is 27.3. The smallest absolute Gasteiger partial charge is 0.306 e. The number of unbranched alkanes of at least 4 members (excludes halogenated alkanes) is 6. The van der Waals surface area contributed by atoms with Gasteiger partial charge < -0.3 is 34.3 Å². The summed E-state index contributed by atoms with van der Waals surface area (Å²) in [4.78, 5) is 25.2. The van der Waals surface area contributed by atoms with Crippen LogP contribution in [0.5, 0.6) is 0 Å². The Labute approximate surface area is 316 Å². The Morgan fingerprint density at radius 3 is 1.92 bits per heavy atom. The van der Waals surface area contributed by atoms with Gasteiger partial charge in [-0.3, -0.25) is 14.1 Å². The molecule has 300 valence electrons. The zero-order valence-corrected chi connectivity index (χ0v) is 32.1. The molecule has 0 amide bonds. The summed E-state index contributed by atoms with van der Waals surface area (Å²) < 4.78 is 53.7. The molecule has 0 aromatic carbocycles. The third-order valence-corrected chi connectivity index (χ3v) is 8.60. The monoisotopic (exact) mass is 766 g/mol. The lowest BCUT2D eigenvalue weighted by atomic mass is 10.00. The molecular weight excluding hydrogens is 704 g/mol. The number of hydrogen-bond acceptors (Lipinski definition) is 11. The molecule has 13 heteroatoms. The van der Waals surface area contributed by atoms with Crippen molar-refractivity contribution in [2.24, 2.45) is 0 Å². The summed E-state index contributed by atoms with van der Waals surface area (Å²) in [6.07, 6.45) is 28.1. The van der Waals surface area contributed by atoms with Crippen molar-refractivity contribution in [2.45, 2.75) is 134 Å². The highest BCUT2D eigenvalue weighted by Crippen LogP contribution is 2.23. The van der Waals surface area contributed by atoms with Gasteiger partial charge in [0.15, 0.2) is 12.4 Å². The molecule has 1 saturated heterocycles. The van der Waals surface area contributed by atoms with Gasteiger partial charge in [0.1, 0.15) is 36.8 Å². The van der Waals surface area contributed by atoms with Crippen LogP contribution in [0, 0.1) is 0 Å². The number of esters is 2. The average Bonchev–Trinajstić information content (AvgIpc) is 3.12. The maximum absolute atomic E-state index is 12.7. The number of carbonyl (C=O) groups excluding carboxylic acids is 2. The Balaban J connectivity index is 2.62. The number of ether oxygens (including phenoxy) is 4. The number of allylic oxidation sites excluding steroid dienone is 14. The van der Waals surface area contributed by atoms with Gasteiger partial charge >= 0.3 is 11.9 Å². The lowest BCUT2D eigenvalue weighted by Gasteiger charge is -2.40. The third kappa shape index (κ3) is 25.5. The summed E-state index contributed by atoms with van der Waals surface area (Å²) in [5.74, 6) is -2.12. The topological polar surface area (TPSA) is 186 Å². The van der Waals surface area contributed by atoms with Gasteiger partial charge in [-0.1, -0.05) is 118 Å². The van der Waals surface area contributed by atoms with Crippen molar-refractivity contribution in [3.8, 4) is 0 Å². The lowest BCUT2D eigenvalue weighted by molar-refractivity contribution is -0.297. The van der Waals surface area contributed by atoms with E-state index in [4.69, 9.17) is 18.9 Å². The van der Waals surface area contributed by atoms with E-state index in [2.05, 4.69) is 44.2 Å². The highest BCUT2D eigenvalue weighted by atomic mass is 32.2. The maximum Gasteiger partial charge on any atom is 0.306 e. The Hall–Kier alpha value is -3.17. The van der Waals surface area contributed by atoms with E-state index in [1.165, 1.54) is 0 Å². The normalized spacial score (nSPS) is 22.1. The predicted octanol–water partition coefficient (Wildman–Crippen LogP) is 6.16. The minimum absolute atomic E-state index is 0.0596. The van der Waals surface area contributed by atoms with Crippen molar-refractivity contribution in [2.75, 3.05) is 19.0 Å². The van der Waals surface area contributed by atoms with Crippen LogP contribution < -0.4 is 0 Å². The van der Waals surface area contributed by atoms with Gasteiger partial charge in [-0.05, 0) is 51.4 Å². The molecule has 1 aliphatic heterocycles. The molecule has 53 heavy (non-hydrogen) atoms. The summed E-state index contributed by atoms with van der Waals surface area (Å²) in [5.41, 5.74) is 0. The van der Waals surface area contributed by atoms with E-state index in [0.29, 0.717) is 19.3 Å². The molecule has 0 spiro atoms. The SMILES string of the molecule is CC/C=C/C=C/C=C/C=C/C=C/CCCC(=O)OC(COC(=O)CCCCCCC/C=C/C/C=C/CC)CO[C@H]1O[C@H](CS(=O)(=O)O)[C@@H](O)C(O)C1O. The van der Waals surface area contributed by atoms with Crippen LogP contribution in [-0.4, -0.2) is 96.0 Å².